The van der Waals surface area contributed by atoms with Gasteiger partial charge in [0.05, 0.1) is 24.1 Å². The third-order valence-electron chi connectivity index (χ3n) is 4.21. The zero-order valence-electron chi connectivity index (χ0n) is 12.5. The molecule has 1 aromatic heterocycles. The third-order valence-corrected chi connectivity index (χ3v) is 4.21. The molecule has 1 aliphatic carbocycles. The Balaban J connectivity index is 2.10. The lowest BCUT2D eigenvalue weighted by Crippen LogP contribution is -2.39. The van der Waals surface area contributed by atoms with Gasteiger partial charge >= 0.3 is 5.97 Å². The van der Waals surface area contributed by atoms with Gasteiger partial charge in [0, 0.05) is 12.7 Å². The summed E-state index contributed by atoms with van der Waals surface area (Å²) in [5.41, 5.74) is 0.825. The van der Waals surface area contributed by atoms with E-state index in [2.05, 4.69) is 4.98 Å². The lowest BCUT2D eigenvalue weighted by molar-refractivity contribution is -0.149. The molecule has 1 fully saturated rings. The lowest BCUT2D eigenvalue weighted by Gasteiger charge is -2.25. The molecule has 3 atom stereocenters. The third kappa shape index (κ3) is 3.60. The van der Waals surface area contributed by atoms with Gasteiger partial charge in [-0.15, -0.1) is 0 Å². The van der Waals surface area contributed by atoms with Crippen LogP contribution in [0.15, 0.2) is 24.4 Å². The first-order valence-corrected chi connectivity index (χ1v) is 7.44. The number of carboxylic acid groups (broad SMARTS) is 1. The number of amides is 1. The predicted molar refractivity (Wildman–Crippen MR) is 78.3 cm³/mol. The number of hydrogen-bond acceptors (Lipinski definition) is 3. The van der Waals surface area contributed by atoms with Gasteiger partial charge in [-0.2, -0.15) is 0 Å². The molecule has 0 spiro atoms. The maximum Gasteiger partial charge on any atom is 0.307 e. The first-order valence-electron chi connectivity index (χ1n) is 7.44. The van der Waals surface area contributed by atoms with Gasteiger partial charge in [-0.25, -0.2) is 0 Å². The van der Waals surface area contributed by atoms with Crippen LogP contribution in [0, 0.1) is 17.8 Å². The molecule has 1 N–H and O–H groups in total. The highest BCUT2D eigenvalue weighted by Gasteiger charge is 2.42. The summed E-state index contributed by atoms with van der Waals surface area (Å²) in [6, 6.07) is 5.60. The van der Waals surface area contributed by atoms with Crippen molar-refractivity contribution >= 4 is 11.9 Å². The molecule has 0 aromatic carbocycles. The van der Waals surface area contributed by atoms with Gasteiger partial charge in [0.25, 0.3) is 0 Å². The van der Waals surface area contributed by atoms with E-state index in [1.807, 2.05) is 32.0 Å². The molecular weight excluding hydrogens is 268 g/mol. The Bertz CT molecular complexity index is 504. The highest BCUT2D eigenvalue weighted by Crippen LogP contribution is 2.37. The van der Waals surface area contributed by atoms with Crippen LogP contribution in [-0.4, -0.2) is 33.4 Å². The number of nitrogens with zero attached hydrogens (tertiary/aromatic N) is 2. The van der Waals surface area contributed by atoms with E-state index in [0.717, 1.165) is 5.69 Å². The van der Waals surface area contributed by atoms with Crippen LogP contribution in [-0.2, 0) is 16.1 Å². The second kappa shape index (κ2) is 6.70. The minimum atomic E-state index is -0.855. The van der Waals surface area contributed by atoms with Crippen molar-refractivity contribution in [1.29, 1.82) is 0 Å². The van der Waals surface area contributed by atoms with Crippen LogP contribution in [0.3, 0.4) is 0 Å². The number of carboxylic acids is 1. The lowest BCUT2D eigenvalue weighted by atomic mass is 9.94. The first-order chi connectivity index (χ1) is 10.0. The molecule has 1 heterocycles. The fourth-order valence-corrected chi connectivity index (χ4v) is 3.10. The average Bonchev–Trinajstić information content (AvgIpc) is 2.87. The smallest absolute Gasteiger partial charge is 0.307 e. The van der Waals surface area contributed by atoms with Gasteiger partial charge in [0.2, 0.25) is 5.91 Å². The minimum absolute atomic E-state index is 0.0556. The minimum Gasteiger partial charge on any atom is -0.481 e. The van der Waals surface area contributed by atoms with Crippen molar-refractivity contribution in [2.75, 3.05) is 6.54 Å². The topological polar surface area (TPSA) is 70.5 Å². The van der Waals surface area contributed by atoms with E-state index in [0.29, 0.717) is 25.9 Å². The Morgan fingerprint density at radius 2 is 2.05 bits per heavy atom. The second-order valence-corrected chi connectivity index (χ2v) is 5.80. The predicted octanol–water partition coefficient (Wildman–Crippen LogP) is 2.18. The van der Waals surface area contributed by atoms with Gasteiger partial charge in [-0.1, -0.05) is 13.0 Å². The van der Waals surface area contributed by atoms with E-state index >= 15 is 0 Å². The van der Waals surface area contributed by atoms with Gasteiger partial charge in [0.15, 0.2) is 0 Å². The number of pyridine rings is 1. The molecular formula is C16H22N2O3. The van der Waals surface area contributed by atoms with Crippen molar-refractivity contribution in [2.45, 2.75) is 33.2 Å². The molecule has 0 radical (unpaired) electrons. The van der Waals surface area contributed by atoms with Crippen molar-refractivity contribution < 1.29 is 14.7 Å². The van der Waals surface area contributed by atoms with Crippen LogP contribution in [0.5, 0.6) is 0 Å². The summed E-state index contributed by atoms with van der Waals surface area (Å²) in [7, 11) is 0. The SMILES string of the molecule is CCN(Cc1ccccn1)C(=O)C1CC(C)CC1C(=O)O. The van der Waals surface area contributed by atoms with Crippen LogP contribution >= 0.6 is 0 Å². The summed E-state index contributed by atoms with van der Waals surface area (Å²) in [4.78, 5) is 30.0. The van der Waals surface area contributed by atoms with Crippen LogP contribution in [0.4, 0.5) is 0 Å². The van der Waals surface area contributed by atoms with E-state index in [1.54, 1.807) is 11.1 Å². The zero-order chi connectivity index (χ0) is 15.4. The van der Waals surface area contributed by atoms with Crippen molar-refractivity contribution in [3.63, 3.8) is 0 Å². The van der Waals surface area contributed by atoms with Crippen LogP contribution in [0.1, 0.15) is 32.4 Å². The van der Waals surface area contributed by atoms with Gasteiger partial charge < -0.3 is 10.0 Å². The average molecular weight is 290 g/mol. The molecule has 0 saturated heterocycles. The highest BCUT2D eigenvalue weighted by molar-refractivity contribution is 5.85. The Morgan fingerprint density at radius 1 is 1.33 bits per heavy atom. The molecule has 5 nitrogen and oxygen atoms in total. The van der Waals surface area contributed by atoms with E-state index in [9.17, 15) is 14.7 Å². The van der Waals surface area contributed by atoms with Gasteiger partial charge in [-0.3, -0.25) is 14.6 Å². The number of aromatic nitrogens is 1. The quantitative estimate of drug-likeness (QED) is 0.902. The van der Waals surface area contributed by atoms with Crippen molar-refractivity contribution in [2.24, 2.45) is 17.8 Å². The Hall–Kier alpha value is -1.91. The first kappa shape index (κ1) is 15.5. The summed E-state index contributed by atoms with van der Waals surface area (Å²) < 4.78 is 0. The summed E-state index contributed by atoms with van der Waals surface area (Å²) in [5, 5.41) is 9.31. The Morgan fingerprint density at radius 3 is 2.62 bits per heavy atom. The molecule has 1 aromatic rings. The molecule has 21 heavy (non-hydrogen) atoms. The van der Waals surface area contributed by atoms with E-state index in [4.69, 9.17) is 0 Å². The van der Waals surface area contributed by atoms with E-state index < -0.39 is 17.8 Å². The molecule has 0 bridgehead atoms. The number of rotatable bonds is 5. The number of carbonyl (C=O) groups excluding carboxylic acids is 1. The van der Waals surface area contributed by atoms with Crippen LogP contribution in [0.25, 0.3) is 0 Å². The van der Waals surface area contributed by atoms with E-state index in [-0.39, 0.29) is 11.8 Å². The number of aliphatic carboxylic acids is 1. The van der Waals surface area contributed by atoms with Gasteiger partial charge in [0.1, 0.15) is 0 Å². The fourth-order valence-electron chi connectivity index (χ4n) is 3.10. The maximum atomic E-state index is 12.7. The fraction of sp³-hybridized carbons (Fsp3) is 0.562. The Labute approximate surface area is 125 Å². The normalized spacial score (nSPS) is 24.8. The largest absolute Gasteiger partial charge is 0.481 e. The number of hydrogen-bond donors (Lipinski definition) is 1. The van der Waals surface area contributed by atoms with Crippen molar-refractivity contribution in [3.05, 3.63) is 30.1 Å². The molecule has 5 heteroatoms. The maximum absolute atomic E-state index is 12.7. The molecule has 1 amide bonds. The summed E-state index contributed by atoms with van der Waals surface area (Å²) in [5.74, 6) is -1.58. The molecule has 3 unspecified atom stereocenters. The van der Waals surface area contributed by atoms with Crippen LogP contribution in [0.2, 0.25) is 0 Å². The molecule has 114 valence electrons. The second-order valence-electron chi connectivity index (χ2n) is 5.80. The highest BCUT2D eigenvalue weighted by atomic mass is 16.4. The summed E-state index contributed by atoms with van der Waals surface area (Å²) >= 11 is 0. The molecule has 0 aliphatic heterocycles. The monoisotopic (exact) mass is 290 g/mol. The van der Waals surface area contributed by atoms with Crippen molar-refractivity contribution in [3.8, 4) is 0 Å². The van der Waals surface area contributed by atoms with E-state index in [1.165, 1.54) is 0 Å². The zero-order valence-corrected chi connectivity index (χ0v) is 12.5. The summed E-state index contributed by atoms with van der Waals surface area (Å²) in [6.07, 6.45) is 2.95. The number of carbonyl (C=O) groups is 2. The molecule has 1 aliphatic rings. The van der Waals surface area contributed by atoms with Gasteiger partial charge in [-0.05, 0) is 37.8 Å². The molecule has 1 saturated carbocycles. The van der Waals surface area contributed by atoms with Crippen molar-refractivity contribution in [1.82, 2.24) is 9.88 Å². The molecule has 2 rings (SSSR count). The summed E-state index contributed by atoms with van der Waals surface area (Å²) in [6.45, 7) is 4.92. The van der Waals surface area contributed by atoms with Crippen LogP contribution < -0.4 is 0 Å². The Kier molecular flexibility index (Phi) is 4.94. The standard InChI is InChI=1S/C16H22N2O3/c1-3-18(10-12-6-4-5-7-17-12)15(19)13-8-11(2)9-14(13)16(20)21/h4-7,11,13-14H,3,8-10H2,1-2H3,(H,20,21).